The largest absolute Gasteiger partial charge is 0.292 e. The molecular formula is C12H10ClNO3S. The first-order chi connectivity index (χ1) is 8.58. The van der Waals surface area contributed by atoms with Crippen LogP contribution in [0, 0.1) is 0 Å². The number of Topliss-reactive ketones (excluding diaryl/α,β-unsaturated/α-hetero) is 1. The Labute approximate surface area is 113 Å². The lowest BCUT2D eigenvalue weighted by Crippen LogP contribution is -2.41. The number of hydrogen-bond acceptors (Lipinski definition) is 4. The zero-order chi connectivity index (χ0) is 13.1. The predicted octanol–water partition coefficient (Wildman–Crippen LogP) is 2.61. The maximum Gasteiger partial charge on any atom is 0.288 e. The summed E-state index contributed by atoms with van der Waals surface area (Å²) in [6, 6.07) is 6.45. The molecule has 94 valence electrons. The molecule has 0 bridgehead atoms. The molecule has 1 heterocycles. The molecule has 1 aromatic carbocycles. The molecule has 1 fully saturated rings. The molecule has 18 heavy (non-hydrogen) atoms. The topological polar surface area (TPSA) is 54.5 Å². The number of imide groups is 1. The molecule has 0 spiro atoms. The van der Waals surface area contributed by atoms with Crippen LogP contribution in [0.2, 0.25) is 5.02 Å². The van der Waals surface area contributed by atoms with Gasteiger partial charge in [0, 0.05) is 22.8 Å². The molecule has 4 nitrogen and oxygen atoms in total. The summed E-state index contributed by atoms with van der Waals surface area (Å²) in [5, 5.41) is 0.0909. The number of thioether (sulfide) groups is 1. The average Bonchev–Trinajstić information content (AvgIpc) is 2.34. The standard InChI is InChI=1S/C12H10ClNO3S/c13-9-3-1-2-8(6-9)10(15)7-14-11(16)4-5-18-12(14)17/h1-3,6H,4-5,7H2. The molecule has 0 N–H and O–H groups in total. The van der Waals surface area contributed by atoms with E-state index < -0.39 is 0 Å². The van der Waals surface area contributed by atoms with Gasteiger partial charge in [0.2, 0.25) is 5.91 Å². The number of rotatable bonds is 3. The van der Waals surface area contributed by atoms with E-state index >= 15 is 0 Å². The molecule has 2 rings (SSSR count). The number of carbonyl (C=O) groups is 3. The van der Waals surface area contributed by atoms with Crippen LogP contribution in [0.4, 0.5) is 4.79 Å². The second-order valence-corrected chi connectivity index (χ2v) is 5.26. The van der Waals surface area contributed by atoms with Gasteiger partial charge in [0.05, 0.1) is 6.54 Å². The third-order valence-corrected chi connectivity index (χ3v) is 3.62. The van der Waals surface area contributed by atoms with Crippen molar-refractivity contribution in [1.82, 2.24) is 4.90 Å². The van der Waals surface area contributed by atoms with Crippen molar-refractivity contribution in [2.75, 3.05) is 12.3 Å². The van der Waals surface area contributed by atoms with Gasteiger partial charge < -0.3 is 0 Å². The van der Waals surface area contributed by atoms with Crippen LogP contribution < -0.4 is 0 Å². The second-order valence-electron chi connectivity index (χ2n) is 3.78. The van der Waals surface area contributed by atoms with Gasteiger partial charge >= 0.3 is 0 Å². The lowest BCUT2D eigenvalue weighted by atomic mass is 10.1. The van der Waals surface area contributed by atoms with Gasteiger partial charge in [0.15, 0.2) is 5.78 Å². The quantitative estimate of drug-likeness (QED) is 0.800. The highest BCUT2D eigenvalue weighted by atomic mass is 35.5. The van der Waals surface area contributed by atoms with Gasteiger partial charge in [-0.05, 0) is 12.1 Å². The molecule has 0 aromatic heterocycles. The van der Waals surface area contributed by atoms with E-state index in [2.05, 4.69) is 0 Å². The van der Waals surface area contributed by atoms with Crippen molar-refractivity contribution >= 4 is 40.3 Å². The van der Waals surface area contributed by atoms with Gasteiger partial charge in [0.1, 0.15) is 0 Å². The number of halogens is 1. The zero-order valence-electron chi connectivity index (χ0n) is 9.39. The smallest absolute Gasteiger partial charge is 0.288 e. The molecule has 1 aliphatic rings. The van der Waals surface area contributed by atoms with E-state index in [0.29, 0.717) is 22.8 Å². The summed E-state index contributed by atoms with van der Waals surface area (Å²) >= 11 is 6.84. The van der Waals surface area contributed by atoms with Crippen molar-refractivity contribution in [1.29, 1.82) is 0 Å². The minimum atomic E-state index is -0.360. The molecule has 0 aliphatic carbocycles. The highest BCUT2D eigenvalue weighted by Crippen LogP contribution is 2.19. The second kappa shape index (κ2) is 5.54. The Morgan fingerprint density at radius 3 is 2.83 bits per heavy atom. The predicted molar refractivity (Wildman–Crippen MR) is 70.0 cm³/mol. The molecule has 2 amide bonds. The van der Waals surface area contributed by atoms with E-state index in [0.717, 1.165) is 16.7 Å². The first kappa shape index (κ1) is 13.1. The molecule has 0 atom stereocenters. The number of carbonyl (C=O) groups excluding carboxylic acids is 3. The molecule has 0 radical (unpaired) electrons. The van der Waals surface area contributed by atoms with Crippen LogP contribution in [-0.2, 0) is 4.79 Å². The zero-order valence-corrected chi connectivity index (χ0v) is 11.0. The Kier molecular flexibility index (Phi) is 4.04. The highest BCUT2D eigenvalue weighted by Gasteiger charge is 2.28. The van der Waals surface area contributed by atoms with Crippen molar-refractivity contribution in [2.45, 2.75) is 6.42 Å². The number of hydrogen-bond donors (Lipinski definition) is 0. The molecule has 1 saturated heterocycles. The van der Waals surface area contributed by atoms with Gasteiger partial charge in [0.25, 0.3) is 5.24 Å². The van der Waals surface area contributed by atoms with Crippen molar-refractivity contribution < 1.29 is 14.4 Å². The summed E-state index contributed by atoms with van der Waals surface area (Å²) in [6.07, 6.45) is 0.291. The summed E-state index contributed by atoms with van der Waals surface area (Å²) in [5.41, 5.74) is 0.402. The summed E-state index contributed by atoms with van der Waals surface area (Å²) in [5.74, 6) is -0.102. The minimum absolute atomic E-state index is 0.217. The minimum Gasteiger partial charge on any atom is -0.292 e. The normalized spacial score (nSPS) is 15.9. The summed E-state index contributed by atoms with van der Waals surface area (Å²) in [6.45, 7) is -0.217. The molecule has 1 aromatic rings. The SMILES string of the molecule is O=C(CN1C(=O)CCSC1=O)c1cccc(Cl)c1. The lowest BCUT2D eigenvalue weighted by Gasteiger charge is -2.23. The number of amides is 2. The molecule has 0 saturated carbocycles. The van der Waals surface area contributed by atoms with E-state index in [9.17, 15) is 14.4 Å². The fraction of sp³-hybridized carbons (Fsp3) is 0.250. The van der Waals surface area contributed by atoms with E-state index in [4.69, 9.17) is 11.6 Å². The first-order valence-corrected chi connectivity index (χ1v) is 6.70. The van der Waals surface area contributed by atoms with Crippen LogP contribution in [0.1, 0.15) is 16.8 Å². The Bertz CT molecular complexity index is 502. The third kappa shape index (κ3) is 2.91. The first-order valence-electron chi connectivity index (χ1n) is 5.34. The van der Waals surface area contributed by atoms with Crippen LogP contribution in [0.25, 0.3) is 0 Å². The van der Waals surface area contributed by atoms with E-state index in [1.54, 1.807) is 18.2 Å². The van der Waals surface area contributed by atoms with E-state index in [-0.39, 0.29) is 23.5 Å². The fourth-order valence-electron chi connectivity index (χ4n) is 1.59. The fourth-order valence-corrected chi connectivity index (χ4v) is 2.55. The van der Waals surface area contributed by atoms with E-state index in [1.165, 1.54) is 6.07 Å². The Balaban J connectivity index is 2.11. The van der Waals surface area contributed by atoms with Crippen molar-refractivity contribution in [3.63, 3.8) is 0 Å². The van der Waals surface area contributed by atoms with Gasteiger partial charge in [-0.3, -0.25) is 19.3 Å². The van der Waals surface area contributed by atoms with Gasteiger partial charge in [-0.1, -0.05) is 35.5 Å². The van der Waals surface area contributed by atoms with Crippen molar-refractivity contribution in [3.8, 4) is 0 Å². The molecule has 6 heteroatoms. The number of nitrogens with zero attached hydrogens (tertiary/aromatic N) is 1. The van der Waals surface area contributed by atoms with Crippen LogP contribution >= 0.6 is 23.4 Å². The Morgan fingerprint density at radius 1 is 1.39 bits per heavy atom. The van der Waals surface area contributed by atoms with Gasteiger partial charge in [-0.2, -0.15) is 0 Å². The van der Waals surface area contributed by atoms with Crippen molar-refractivity contribution in [2.24, 2.45) is 0 Å². The summed E-state index contributed by atoms with van der Waals surface area (Å²) in [7, 11) is 0. The third-order valence-electron chi connectivity index (χ3n) is 2.51. The highest BCUT2D eigenvalue weighted by molar-refractivity contribution is 8.13. The molecule has 1 aliphatic heterocycles. The lowest BCUT2D eigenvalue weighted by molar-refractivity contribution is -0.127. The van der Waals surface area contributed by atoms with Crippen LogP contribution in [-0.4, -0.2) is 34.1 Å². The number of ketones is 1. The Hall–Kier alpha value is -1.33. The maximum atomic E-state index is 11.9. The summed E-state index contributed by atoms with van der Waals surface area (Å²) in [4.78, 5) is 36.0. The van der Waals surface area contributed by atoms with Crippen LogP contribution in [0.5, 0.6) is 0 Å². The summed E-state index contributed by atoms with van der Waals surface area (Å²) < 4.78 is 0. The van der Waals surface area contributed by atoms with Crippen molar-refractivity contribution in [3.05, 3.63) is 34.9 Å². The monoisotopic (exact) mass is 283 g/mol. The number of benzene rings is 1. The average molecular weight is 284 g/mol. The Morgan fingerprint density at radius 2 is 2.17 bits per heavy atom. The van der Waals surface area contributed by atoms with Gasteiger partial charge in [-0.25, -0.2) is 0 Å². The maximum absolute atomic E-state index is 11.9. The molecular weight excluding hydrogens is 274 g/mol. The van der Waals surface area contributed by atoms with E-state index in [1.807, 2.05) is 0 Å². The molecule has 0 unspecified atom stereocenters. The van der Waals surface area contributed by atoms with Gasteiger partial charge in [-0.15, -0.1) is 0 Å². The van der Waals surface area contributed by atoms with Crippen LogP contribution in [0.15, 0.2) is 24.3 Å². The van der Waals surface area contributed by atoms with Crippen LogP contribution in [0.3, 0.4) is 0 Å².